The summed E-state index contributed by atoms with van der Waals surface area (Å²) in [4.78, 5) is 2.33. The lowest BCUT2D eigenvalue weighted by molar-refractivity contribution is -0.307. The van der Waals surface area contributed by atoms with Gasteiger partial charge in [-0.2, -0.15) is 0 Å². The summed E-state index contributed by atoms with van der Waals surface area (Å²) in [7, 11) is 0. The first kappa shape index (κ1) is 12.9. The minimum atomic E-state index is -0.354. The number of benzene rings is 1. The van der Waals surface area contributed by atoms with Crippen LogP contribution in [-0.2, 0) is 9.47 Å². The molecule has 104 valence electrons. The fraction of sp³-hybridized carbons (Fsp3) is 0.625. The Labute approximate surface area is 115 Å². The fourth-order valence-electron chi connectivity index (χ4n) is 2.77. The molecule has 3 rings (SSSR count). The molecule has 2 saturated heterocycles. The maximum atomic E-state index is 5.97. The summed E-state index contributed by atoms with van der Waals surface area (Å²) >= 11 is 0. The first-order valence-electron chi connectivity index (χ1n) is 6.99. The molecule has 0 saturated carbocycles. The van der Waals surface area contributed by atoms with Crippen molar-refractivity contribution in [1.29, 1.82) is 0 Å². The molecule has 0 amide bonds. The molecule has 2 heterocycles. The van der Waals surface area contributed by atoms with Crippen LogP contribution in [0.4, 0.5) is 5.69 Å². The van der Waals surface area contributed by atoms with E-state index in [1.807, 2.05) is 0 Å². The summed E-state index contributed by atoms with van der Waals surface area (Å²) < 4.78 is 11.9. The molecular weight excluding hydrogens is 238 g/mol. The van der Waals surface area contributed by atoms with E-state index >= 15 is 0 Å². The first-order chi connectivity index (χ1) is 8.88. The molecule has 2 fully saturated rings. The predicted octanol–water partition coefficient (Wildman–Crippen LogP) is 2.89. The Morgan fingerprint density at radius 1 is 0.947 bits per heavy atom. The summed E-state index contributed by atoms with van der Waals surface area (Å²) in [5.74, 6) is -0.354. The minimum Gasteiger partial charge on any atom is -0.361 e. The van der Waals surface area contributed by atoms with Crippen molar-refractivity contribution < 1.29 is 9.47 Å². The Morgan fingerprint density at radius 2 is 1.47 bits per heavy atom. The molecule has 2 aliphatic rings. The van der Waals surface area contributed by atoms with Crippen LogP contribution in [-0.4, -0.2) is 32.1 Å². The molecule has 1 aromatic rings. The van der Waals surface area contributed by atoms with Gasteiger partial charge in [0, 0.05) is 11.1 Å². The maximum Gasteiger partial charge on any atom is 0.203 e. The summed E-state index contributed by atoms with van der Waals surface area (Å²) in [6, 6.07) is 6.66. The zero-order chi connectivity index (χ0) is 13.7. The van der Waals surface area contributed by atoms with Gasteiger partial charge in [-0.3, -0.25) is 0 Å². The second-order valence-electron chi connectivity index (χ2n) is 6.85. The molecule has 0 aromatic heterocycles. The molecule has 0 N–H and O–H groups in total. The van der Waals surface area contributed by atoms with Gasteiger partial charge in [0.25, 0.3) is 0 Å². The number of ether oxygens (including phenoxy) is 2. The number of nitrogens with zero attached hydrogens (tertiary/aromatic N) is 1. The predicted molar refractivity (Wildman–Crippen MR) is 76.5 cm³/mol. The van der Waals surface area contributed by atoms with Crippen LogP contribution in [0.3, 0.4) is 0 Å². The lowest BCUT2D eigenvalue weighted by Crippen LogP contribution is -2.68. The van der Waals surface area contributed by atoms with Gasteiger partial charge in [0.1, 0.15) is 0 Å². The first-order valence-corrected chi connectivity index (χ1v) is 6.99. The highest BCUT2D eigenvalue weighted by Crippen LogP contribution is 2.38. The minimum absolute atomic E-state index is 0.144. The Bertz CT molecular complexity index is 457. The Hall–Kier alpha value is -1.06. The van der Waals surface area contributed by atoms with E-state index in [0.717, 1.165) is 26.3 Å². The Morgan fingerprint density at radius 3 is 2.00 bits per heavy atom. The van der Waals surface area contributed by atoms with E-state index in [2.05, 4.69) is 50.8 Å². The van der Waals surface area contributed by atoms with E-state index in [1.54, 1.807) is 0 Å². The summed E-state index contributed by atoms with van der Waals surface area (Å²) in [5, 5.41) is 0. The van der Waals surface area contributed by atoms with Crippen molar-refractivity contribution in [3.8, 4) is 0 Å². The third kappa shape index (κ3) is 2.49. The van der Waals surface area contributed by atoms with Crippen molar-refractivity contribution in [1.82, 2.24) is 0 Å². The molecule has 3 heteroatoms. The molecular formula is C16H23NO2. The molecule has 0 bridgehead atoms. The average molecular weight is 261 g/mol. The molecule has 0 unspecified atom stereocenters. The van der Waals surface area contributed by atoms with Crippen LogP contribution in [0.1, 0.15) is 25.0 Å². The van der Waals surface area contributed by atoms with Gasteiger partial charge in [-0.15, -0.1) is 0 Å². The van der Waals surface area contributed by atoms with Crippen LogP contribution in [0.2, 0.25) is 0 Å². The monoisotopic (exact) mass is 261 g/mol. The van der Waals surface area contributed by atoms with Gasteiger partial charge in [0.15, 0.2) is 0 Å². The normalized spacial score (nSPS) is 24.3. The maximum absolute atomic E-state index is 5.97. The summed E-state index contributed by atoms with van der Waals surface area (Å²) in [5.41, 5.74) is 4.04. The van der Waals surface area contributed by atoms with Crippen molar-refractivity contribution in [3.05, 3.63) is 29.3 Å². The molecule has 3 nitrogen and oxygen atoms in total. The second-order valence-corrected chi connectivity index (χ2v) is 6.85. The highest BCUT2D eigenvalue weighted by atomic mass is 16.7. The van der Waals surface area contributed by atoms with Gasteiger partial charge in [-0.25, -0.2) is 0 Å². The van der Waals surface area contributed by atoms with Crippen LogP contribution < -0.4 is 4.90 Å². The summed E-state index contributed by atoms with van der Waals surface area (Å²) in [6.45, 7) is 11.9. The number of hydrogen-bond acceptors (Lipinski definition) is 3. The van der Waals surface area contributed by atoms with E-state index in [0.29, 0.717) is 0 Å². The summed E-state index contributed by atoms with van der Waals surface area (Å²) in [6.07, 6.45) is 0. The highest BCUT2D eigenvalue weighted by Gasteiger charge is 2.49. The van der Waals surface area contributed by atoms with Crippen molar-refractivity contribution in [2.24, 2.45) is 5.41 Å². The van der Waals surface area contributed by atoms with Crippen molar-refractivity contribution >= 4 is 5.69 Å². The third-order valence-electron chi connectivity index (χ3n) is 3.89. The van der Waals surface area contributed by atoms with Crippen molar-refractivity contribution in [3.63, 3.8) is 0 Å². The SMILES string of the molecule is Cc1cc(C)cc(N2CC3(C2)OCC(C)(C)CO3)c1. The van der Waals surface area contributed by atoms with Gasteiger partial charge in [0.05, 0.1) is 26.3 Å². The smallest absolute Gasteiger partial charge is 0.203 e. The second kappa shape index (κ2) is 4.22. The molecule has 0 atom stereocenters. The number of hydrogen-bond donors (Lipinski definition) is 0. The highest BCUT2D eigenvalue weighted by molar-refractivity contribution is 5.53. The lowest BCUT2D eigenvalue weighted by Gasteiger charge is -2.54. The fourth-order valence-corrected chi connectivity index (χ4v) is 2.77. The van der Waals surface area contributed by atoms with E-state index in [1.165, 1.54) is 16.8 Å². The molecule has 1 aromatic carbocycles. The zero-order valence-corrected chi connectivity index (χ0v) is 12.3. The van der Waals surface area contributed by atoms with Gasteiger partial charge >= 0.3 is 0 Å². The van der Waals surface area contributed by atoms with Gasteiger partial charge in [-0.1, -0.05) is 19.9 Å². The van der Waals surface area contributed by atoms with Crippen molar-refractivity contribution in [2.45, 2.75) is 33.5 Å². The molecule has 0 aliphatic carbocycles. The third-order valence-corrected chi connectivity index (χ3v) is 3.89. The number of aryl methyl sites for hydroxylation is 2. The number of anilines is 1. The Kier molecular flexibility index (Phi) is 2.88. The number of rotatable bonds is 1. The van der Waals surface area contributed by atoms with Crippen LogP contribution in [0, 0.1) is 19.3 Å². The van der Waals surface area contributed by atoms with E-state index in [-0.39, 0.29) is 11.2 Å². The quantitative estimate of drug-likeness (QED) is 0.776. The van der Waals surface area contributed by atoms with E-state index in [9.17, 15) is 0 Å². The van der Waals surface area contributed by atoms with Gasteiger partial charge in [-0.05, 0) is 37.1 Å². The largest absolute Gasteiger partial charge is 0.361 e. The molecule has 1 spiro atoms. The molecule has 2 aliphatic heterocycles. The standard InChI is InChI=1S/C16H23NO2/c1-12-5-13(2)7-14(6-12)17-8-16(9-17)18-10-15(3,4)11-19-16/h5-7H,8-11H2,1-4H3. The lowest BCUT2D eigenvalue weighted by atomic mass is 9.93. The van der Waals surface area contributed by atoms with Gasteiger partial charge < -0.3 is 14.4 Å². The molecule has 19 heavy (non-hydrogen) atoms. The van der Waals surface area contributed by atoms with Crippen molar-refractivity contribution in [2.75, 3.05) is 31.2 Å². The van der Waals surface area contributed by atoms with E-state index < -0.39 is 0 Å². The average Bonchev–Trinajstić information content (AvgIpc) is 2.25. The van der Waals surface area contributed by atoms with Crippen LogP contribution in [0.15, 0.2) is 18.2 Å². The zero-order valence-electron chi connectivity index (χ0n) is 12.3. The molecule has 0 radical (unpaired) electrons. The van der Waals surface area contributed by atoms with Crippen LogP contribution in [0.25, 0.3) is 0 Å². The topological polar surface area (TPSA) is 21.7 Å². The van der Waals surface area contributed by atoms with E-state index in [4.69, 9.17) is 9.47 Å². The van der Waals surface area contributed by atoms with Crippen LogP contribution >= 0.6 is 0 Å². The Balaban J connectivity index is 1.67. The van der Waals surface area contributed by atoms with Gasteiger partial charge in [0.2, 0.25) is 5.79 Å². The van der Waals surface area contributed by atoms with Crippen LogP contribution in [0.5, 0.6) is 0 Å².